The molecule has 1 fully saturated rings. The molecule has 2 rings (SSSR count). The molecule has 0 bridgehead atoms. The zero-order valence-electron chi connectivity index (χ0n) is 9.10. The van der Waals surface area contributed by atoms with Gasteiger partial charge in [-0.2, -0.15) is 0 Å². The van der Waals surface area contributed by atoms with Gasteiger partial charge < -0.3 is 4.74 Å². The Morgan fingerprint density at radius 3 is 2.50 bits per heavy atom. The van der Waals surface area contributed by atoms with E-state index >= 15 is 0 Å². The fourth-order valence-corrected chi connectivity index (χ4v) is 1.79. The topological polar surface area (TPSA) is 46.6 Å². The fraction of sp³-hybridized carbons (Fsp3) is 0.333. The molecule has 2 amide bonds. The molecule has 0 N–H and O–H groups in total. The average molecular weight is 219 g/mol. The van der Waals surface area contributed by atoms with Gasteiger partial charge in [-0.15, -0.1) is 0 Å². The second-order valence-corrected chi connectivity index (χ2v) is 3.68. The smallest absolute Gasteiger partial charge is 0.233 e. The number of hydrogen-bond donors (Lipinski definition) is 0. The average Bonchev–Trinajstić information content (AvgIpc) is 2.29. The van der Waals surface area contributed by atoms with Gasteiger partial charge in [0.1, 0.15) is 5.75 Å². The minimum atomic E-state index is -0.135. The lowest BCUT2D eigenvalue weighted by Crippen LogP contribution is -2.40. The van der Waals surface area contributed by atoms with Crippen LogP contribution in [-0.4, -0.2) is 18.9 Å². The zero-order chi connectivity index (χ0) is 11.5. The summed E-state index contributed by atoms with van der Waals surface area (Å²) in [6.45, 7) is 0. The van der Waals surface area contributed by atoms with Gasteiger partial charge in [0.25, 0.3) is 0 Å². The Bertz CT molecular complexity index is 412. The Morgan fingerprint density at radius 2 is 1.88 bits per heavy atom. The molecular weight excluding hydrogens is 206 g/mol. The molecule has 0 aromatic heterocycles. The van der Waals surface area contributed by atoms with E-state index in [1.807, 2.05) is 0 Å². The summed E-state index contributed by atoms with van der Waals surface area (Å²) in [6, 6.07) is 6.98. The van der Waals surface area contributed by atoms with Crippen molar-refractivity contribution in [1.82, 2.24) is 0 Å². The highest BCUT2D eigenvalue weighted by Crippen LogP contribution is 2.25. The van der Waals surface area contributed by atoms with Crippen LogP contribution in [0.5, 0.6) is 5.75 Å². The fourth-order valence-electron chi connectivity index (χ4n) is 1.79. The molecule has 4 heteroatoms. The predicted octanol–water partition coefficient (Wildman–Crippen LogP) is 1.74. The van der Waals surface area contributed by atoms with Crippen molar-refractivity contribution in [2.45, 2.75) is 19.3 Å². The lowest BCUT2D eigenvalue weighted by atomic mass is 10.1. The van der Waals surface area contributed by atoms with Crippen LogP contribution in [0.2, 0.25) is 0 Å². The molecular formula is C12H13NO3. The maximum atomic E-state index is 11.7. The number of carbonyl (C=O) groups excluding carboxylic acids is 2. The van der Waals surface area contributed by atoms with Gasteiger partial charge in [0, 0.05) is 18.9 Å². The summed E-state index contributed by atoms with van der Waals surface area (Å²) < 4.78 is 5.07. The Hall–Kier alpha value is -1.84. The summed E-state index contributed by atoms with van der Waals surface area (Å²) in [6.07, 6.45) is 1.52. The summed E-state index contributed by atoms with van der Waals surface area (Å²) >= 11 is 0. The second-order valence-electron chi connectivity index (χ2n) is 3.68. The first-order chi connectivity index (χ1) is 7.72. The summed E-state index contributed by atoms with van der Waals surface area (Å²) in [5, 5.41) is 0. The number of nitrogens with zero attached hydrogens (tertiary/aromatic N) is 1. The van der Waals surface area contributed by atoms with Crippen LogP contribution < -0.4 is 9.64 Å². The van der Waals surface area contributed by atoms with Gasteiger partial charge >= 0.3 is 0 Å². The van der Waals surface area contributed by atoms with Crippen molar-refractivity contribution in [2.75, 3.05) is 12.0 Å². The monoisotopic (exact) mass is 219 g/mol. The van der Waals surface area contributed by atoms with E-state index in [-0.39, 0.29) is 11.8 Å². The van der Waals surface area contributed by atoms with Crippen LogP contribution in [-0.2, 0) is 9.59 Å². The quantitative estimate of drug-likeness (QED) is 0.712. The number of amides is 2. The number of anilines is 1. The molecule has 0 unspecified atom stereocenters. The molecule has 1 saturated heterocycles. The Morgan fingerprint density at radius 1 is 1.19 bits per heavy atom. The molecule has 0 atom stereocenters. The van der Waals surface area contributed by atoms with Crippen molar-refractivity contribution >= 4 is 17.5 Å². The molecule has 0 spiro atoms. The number of rotatable bonds is 2. The minimum absolute atomic E-state index is 0.135. The SMILES string of the molecule is COc1cccc(N2C(=O)CCCC2=O)c1. The van der Waals surface area contributed by atoms with Crippen LogP contribution in [0.25, 0.3) is 0 Å². The van der Waals surface area contributed by atoms with E-state index in [4.69, 9.17) is 4.74 Å². The summed E-state index contributed by atoms with van der Waals surface area (Å²) in [5.74, 6) is 0.373. The molecule has 16 heavy (non-hydrogen) atoms. The molecule has 1 heterocycles. The zero-order valence-corrected chi connectivity index (χ0v) is 9.10. The Balaban J connectivity index is 2.33. The van der Waals surface area contributed by atoms with Gasteiger partial charge in [-0.05, 0) is 18.6 Å². The van der Waals surface area contributed by atoms with Crippen molar-refractivity contribution in [3.63, 3.8) is 0 Å². The number of carbonyl (C=O) groups is 2. The van der Waals surface area contributed by atoms with Crippen molar-refractivity contribution in [3.8, 4) is 5.75 Å². The highest BCUT2D eigenvalue weighted by atomic mass is 16.5. The highest BCUT2D eigenvalue weighted by Gasteiger charge is 2.27. The van der Waals surface area contributed by atoms with E-state index in [1.54, 1.807) is 31.4 Å². The second kappa shape index (κ2) is 4.35. The van der Waals surface area contributed by atoms with Crippen molar-refractivity contribution in [1.29, 1.82) is 0 Å². The predicted molar refractivity (Wildman–Crippen MR) is 59.3 cm³/mol. The van der Waals surface area contributed by atoms with E-state index in [0.29, 0.717) is 30.7 Å². The molecule has 1 aliphatic rings. The third kappa shape index (κ3) is 1.91. The molecule has 84 valence electrons. The van der Waals surface area contributed by atoms with Crippen molar-refractivity contribution in [3.05, 3.63) is 24.3 Å². The summed E-state index contributed by atoms with van der Waals surface area (Å²) in [7, 11) is 1.55. The maximum absolute atomic E-state index is 11.7. The van der Waals surface area contributed by atoms with Crippen molar-refractivity contribution in [2.24, 2.45) is 0 Å². The Labute approximate surface area is 93.8 Å². The lowest BCUT2D eigenvalue weighted by molar-refractivity contribution is -0.129. The maximum Gasteiger partial charge on any atom is 0.233 e. The summed E-state index contributed by atoms with van der Waals surface area (Å²) in [4.78, 5) is 24.6. The molecule has 1 aromatic rings. The molecule has 1 aromatic carbocycles. The van der Waals surface area contributed by atoms with E-state index < -0.39 is 0 Å². The number of ether oxygens (including phenoxy) is 1. The minimum Gasteiger partial charge on any atom is -0.497 e. The number of hydrogen-bond acceptors (Lipinski definition) is 3. The van der Waals surface area contributed by atoms with E-state index in [0.717, 1.165) is 0 Å². The number of piperidine rings is 1. The standard InChI is InChI=1S/C12H13NO3/c1-16-10-5-2-4-9(8-10)13-11(14)6-3-7-12(13)15/h2,4-5,8H,3,6-7H2,1H3. The number of methoxy groups -OCH3 is 1. The van der Waals surface area contributed by atoms with E-state index in [9.17, 15) is 9.59 Å². The third-order valence-corrected chi connectivity index (χ3v) is 2.59. The normalized spacial score (nSPS) is 16.4. The molecule has 4 nitrogen and oxygen atoms in total. The third-order valence-electron chi connectivity index (χ3n) is 2.59. The van der Waals surface area contributed by atoms with Crippen LogP contribution in [0.15, 0.2) is 24.3 Å². The first-order valence-corrected chi connectivity index (χ1v) is 5.22. The molecule has 0 saturated carbocycles. The van der Waals surface area contributed by atoms with E-state index in [2.05, 4.69) is 0 Å². The van der Waals surface area contributed by atoms with Gasteiger partial charge in [0.05, 0.1) is 12.8 Å². The van der Waals surface area contributed by atoms with Crippen LogP contribution in [0.4, 0.5) is 5.69 Å². The van der Waals surface area contributed by atoms with Crippen LogP contribution in [0.1, 0.15) is 19.3 Å². The van der Waals surface area contributed by atoms with Crippen LogP contribution in [0, 0.1) is 0 Å². The van der Waals surface area contributed by atoms with Gasteiger partial charge in [-0.25, -0.2) is 0 Å². The molecule has 0 aliphatic carbocycles. The Kier molecular flexibility index (Phi) is 2.90. The molecule has 1 aliphatic heterocycles. The highest BCUT2D eigenvalue weighted by molar-refractivity contribution is 6.16. The number of benzene rings is 1. The van der Waals surface area contributed by atoms with Gasteiger partial charge in [-0.3, -0.25) is 14.5 Å². The van der Waals surface area contributed by atoms with Crippen molar-refractivity contribution < 1.29 is 14.3 Å². The van der Waals surface area contributed by atoms with Crippen LogP contribution in [0.3, 0.4) is 0 Å². The molecule has 0 radical (unpaired) electrons. The van der Waals surface area contributed by atoms with Crippen LogP contribution >= 0.6 is 0 Å². The van der Waals surface area contributed by atoms with Gasteiger partial charge in [0.15, 0.2) is 0 Å². The summed E-state index contributed by atoms with van der Waals surface area (Å²) in [5.41, 5.74) is 0.592. The lowest BCUT2D eigenvalue weighted by Gasteiger charge is -2.25. The largest absolute Gasteiger partial charge is 0.497 e. The number of imide groups is 1. The first-order valence-electron chi connectivity index (χ1n) is 5.22. The van der Waals surface area contributed by atoms with Gasteiger partial charge in [-0.1, -0.05) is 6.07 Å². The van der Waals surface area contributed by atoms with E-state index in [1.165, 1.54) is 4.90 Å². The van der Waals surface area contributed by atoms with Gasteiger partial charge in [0.2, 0.25) is 11.8 Å². The first kappa shape index (κ1) is 10.7.